The molecule has 1 aromatic heterocycles. The van der Waals surface area contributed by atoms with Crippen molar-refractivity contribution in [3.8, 4) is 28.9 Å². The minimum Gasteiger partial charge on any atom is -0.497 e. The zero-order valence-electron chi connectivity index (χ0n) is 34.9. The lowest BCUT2D eigenvalue weighted by atomic mass is 9.86. The van der Waals surface area contributed by atoms with E-state index < -0.39 is 16.1 Å². The van der Waals surface area contributed by atoms with E-state index in [1.165, 1.54) is 7.11 Å². The number of urea groups is 1. The summed E-state index contributed by atoms with van der Waals surface area (Å²) in [7, 11) is 3.38. The number of anilines is 3. The highest BCUT2D eigenvalue weighted by molar-refractivity contribution is 7.92. The summed E-state index contributed by atoms with van der Waals surface area (Å²) in [5, 5.41) is 7.21. The van der Waals surface area contributed by atoms with Crippen molar-refractivity contribution in [1.29, 1.82) is 0 Å². The van der Waals surface area contributed by atoms with Crippen molar-refractivity contribution in [2.45, 2.75) is 32.6 Å². The van der Waals surface area contributed by atoms with Crippen molar-refractivity contribution < 1.29 is 41.6 Å². The zero-order chi connectivity index (χ0) is 42.6. The average molecular weight is 831 g/mol. The molecule has 59 heavy (non-hydrogen) atoms. The summed E-state index contributed by atoms with van der Waals surface area (Å²) in [5.41, 5.74) is 2.33. The zero-order valence-corrected chi connectivity index (χ0v) is 35.7. The molecule has 2 amide bonds. The molecule has 0 saturated carbocycles. The monoisotopic (exact) mass is 830 g/mol. The Bertz CT molecular complexity index is 2320. The summed E-state index contributed by atoms with van der Waals surface area (Å²) in [6.45, 7) is 9.28. The van der Waals surface area contributed by atoms with Gasteiger partial charge in [0.05, 0.1) is 64.0 Å². The summed E-state index contributed by atoms with van der Waals surface area (Å²) in [6.07, 6.45) is 3.08. The number of methoxy groups -OCH3 is 2. The number of hydrogen-bond donors (Lipinski definition) is 3. The summed E-state index contributed by atoms with van der Waals surface area (Å²) in [5.74, 6) is 2.83. The lowest BCUT2D eigenvalue weighted by molar-refractivity contribution is 0.0324. The van der Waals surface area contributed by atoms with Gasteiger partial charge in [0.2, 0.25) is 15.9 Å². The number of nitrogens with zero attached hydrogens (tertiary/aromatic N) is 3. The van der Waals surface area contributed by atoms with Gasteiger partial charge in [-0.1, -0.05) is 45.0 Å². The van der Waals surface area contributed by atoms with Crippen molar-refractivity contribution in [3.05, 3.63) is 95.9 Å². The number of rotatable bonds is 20. The van der Waals surface area contributed by atoms with Gasteiger partial charge >= 0.3 is 6.03 Å². The minimum absolute atomic E-state index is 0.172. The first-order valence-corrected chi connectivity index (χ1v) is 20.9. The van der Waals surface area contributed by atoms with E-state index in [-0.39, 0.29) is 16.9 Å². The number of ether oxygens (including phenoxy) is 6. The maximum Gasteiger partial charge on any atom is 0.323 e. The number of sulfonamides is 1. The molecule has 15 nitrogen and oxygen atoms in total. The third-order valence-electron chi connectivity index (χ3n) is 8.82. The van der Waals surface area contributed by atoms with Gasteiger partial charge in [0, 0.05) is 42.1 Å². The van der Waals surface area contributed by atoms with Gasteiger partial charge in [0.1, 0.15) is 29.7 Å². The molecule has 3 N–H and O–H groups in total. The molecule has 5 aromatic rings. The molecule has 1 heterocycles. The molecule has 0 bridgehead atoms. The number of amides is 2. The van der Waals surface area contributed by atoms with Crippen molar-refractivity contribution in [2.75, 3.05) is 89.5 Å². The van der Waals surface area contributed by atoms with Crippen molar-refractivity contribution in [1.82, 2.24) is 14.9 Å². The number of fused-ring (bicyclic) bond motifs is 1. The maximum absolute atomic E-state index is 13.5. The Labute approximate surface area is 346 Å². The third-order valence-corrected chi connectivity index (χ3v) is 9.41. The standard InChI is InChI=1S/C43H54N6O9S/c1-43(2,3)30-26-36(41(54-7)37(27-30)48-59(8,51)52)46-42(50)45-35-13-14-38(34-12-10-9-11-33(34)35)58-40-15-16-44-39(47-40)25-29-23-31(53-6)28-32(24-29)57-22-21-56-20-19-55-18-17-49(4)5/h9-16,23-24,26-28,48H,17-22,25H2,1-8H3,(H2,45,46,50). The molecule has 5 rings (SSSR count). The van der Waals surface area contributed by atoms with Gasteiger partial charge in [-0.3, -0.25) is 4.72 Å². The van der Waals surface area contributed by atoms with E-state index in [0.29, 0.717) is 85.2 Å². The van der Waals surface area contributed by atoms with Crippen LogP contribution in [0.4, 0.5) is 21.9 Å². The molecule has 4 aromatic carbocycles. The first-order chi connectivity index (χ1) is 28.1. The van der Waals surface area contributed by atoms with Crippen LogP contribution in [-0.2, 0) is 31.3 Å². The largest absolute Gasteiger partial charge is 0.497 e. The summed E-state index contributed by atoms with van der Waals surface area (Å²) in [6, 6.07) is 21.2. The molecule has 316 valence electrons. The Morgan fingerprint density at radius 3 is 2.15 bits per heavy atom. The van der Waals surface area contributed by atoms with Gasteiger partial charge in [-0.25, -0.2) is 18.2 Å². The van der Waals surface area contributed by atoms with Gasteiger partial charge in [-0.2, -0.15) is 4.98 Å². The second-order valence-electron chi connectivity index (χ2n) is 14.9. The van der Waals surface area contributed by atoms with E-state index in [1.807, 2.05) is 77.3 Å². The van der Waals surface area contributed by atoms with Crippen LogP contribution in [0.2, 0.25) is 0 Å². The lowest BCUT2D eigenvalue weighted by Crippen LogP contribution is -2.22. The highest BCUT2D eigenvalue weighted by Gasteiger charge is 2.23. The molecule has 0 spiro atoms. The number of carbonyl (C=O) groups excluding carboxylic acids is 1. The van der Waals surface area contributed by atoms with Gasteiger partial charge in [-0.15, -0.1) is 0 Å². The normalized spacial score (nSPS) is 11.7. The van der Waals surface area contributed by atoms with E-state index in [4.69, 9.17) is 28.4 Å². The van der Waals surface area contributed by atoms with E-state index in [1.54, 1.807) is 43.6 Å². The molecule has 0 aliphatic rings. The van der Waals surface area contributed by atoms with Crippen LogP contribution in [0.25, 0.3) is 10.8 Å². The van der Waals surface area contributed by atoms with Crippen LogP contribution in [-0.4, -0.2) is 103 Å². The molecule has 0 saturated heterocycles. The summed E-state index contributed by atoms with van der Waals surface area (Å²) in [4.78, 5) is 24.8. The fourth-order valence-corrected chi connectivity index (χ4v) is 6.49. The van der Waals surface area contributed by atoms with Crippen molar-refractivity contribution >= 4 is 43.9 Å². The molecular weight excluding hydrogens is 777 g/mol. The molecular formula is C43H54N6O9S. The first kappa shape index (κ1) is 44.4. The smallest absolute Gasteiger partial charge is 0.323 e. The lowest BCUT2D eigenvalue weighted by Gasteiger charge is -2.24. The van der Waals surface area contributed by atoms with Crippen LogP contribution in [0.3, 0.4) is 0 Å². The summed E-state index contributed by atoms with van der Waals surface area (Å²) >= 11 is 0. The van der Waals surface area contributed by atoms with E-state index in [0.717, 1.165) is 29.3 Å². The van der Waals surface area contributed by atoms with Crippen LogP contribution in [0.1, 0.15) is 37.7 Å². The SMILES string of the molecule is COc1cc(Cc2nccc(Oc3ccc(NC(=O)Nc4cc(C(C)(C)C)cc(NS(C)(=O)=O)c4OC)c4ccccc34)n2)cc(OCCOCCOCCN(C)C)c1. The van der Waals surface area contributed by atoms with Gasteiger partial charge < -0.3 is 44.0 Å². The second kappa shape index (κ2) is 20.3. The fourth-order valence-electron chi connectivity index (χ4n) is 5.93. The maximum atomic E-state index is 13.5. The second-order valence-corrected chi connectivity index (χ2v) is 16.7. The van der Waals surface area contributed by atoms with Crippen LogP contribution in [0.15, 0.2) is 79.0 Å². The third kappa shape index (κ3) is 13.4. The van der Waals surface area contributed by atoms with Crippen LogP contribution in [0.5, 0.6) is 28.9 Å². The Hall–Kier alpha value is -5.68. The molecule has 0 atom stereocenters. The van der Waals surface area contributed by atoms with Crippen LogP contribution >= 0.6 is 0 Å². The van der Waals surface area contributed by atoms with E-state index >= 15 is 0 Å². The molecule has 0 radical (unpaired) electrons. The number of nitrogens with one attached hydrogen (secondary N) is 3. The Morgan fingerprint density at radius 1 is 0.780 bits per heavy atom. The number of benzene rings is 4. The van der Waals surface area contributed by atoms with Gasteiger partial charge in [0.25, 0.3) is 0 Å². The van der Waals surface area contributed by atoms with Gasteiger partial charge in [-0.05, 0) is 67.0 Å². The van der Waals surface area contributed by atoms with E-state index in [2.05, 4.69) is 30.2 Å². The first-order valence-electron chi connectivity index (χ1n) is 19.0. The average Bonchev–Trinajstić information content (AvgIpc) is 3.17. The van der Waals surface area contributed by atoms with Crippen molar-refractivity contribution in [3.63, 3.8) is 0 Å². The van der Waals surface area contributed by atoms with Crippen molar-refractivity contribution in [2.24, 2.45) is 0 Å². The molecule has 0 unspecified atom stereocenters. The Kier molecular flexibility index (Phi) is 15.3. The number of carbonyl (C=O) groups is 1. The quantitative estimate of drug-likeness (QED) is 0.0669. The van der Waals surface area contributed by atoms with Crippen LogP contribution in [0, 0.1) is 0 Å². The van der Waals surface area contributed by atoms with Crippen LogP contribution < -0.4 is 34.3 Å². The number of likely N-dealkylation sites (N-methyl/N-ethyl adjacent to an activating group) is 1. The highest BCUT2D eigenvalue weighted by atomic mass is 32.2. The molecule has 0 aliphatic carbocycles. The summed E-state index contributed by atoms with van der Waals surface area (Å²) < 4.78 is 61.4. The predicted octanol–water partition coefficient (Wildman–Crippen LogP) is 7.32. The molecule has 0 fully saturated rings. The highest BCUT2D eigenvalue weighted by Crippen LogP contribution is 2.40. The Balaban J connectivity index is 1.26. The number of hydrogen-bond acceptors (Lipinski definition) is 12. The Morgan fingerprint density at radius 2 is 1.46 bits per heavy atom. The van der Waals surface area contributed by atoms with E-state index in [9.17, 15) is 13.2 Å². The molecule has 16 heteroatoms. The predicted molar refractivity (Wildman–Crippen MR) is 230 cm³/mol. The topological polar surface area (TPSA) is 172 Å². The fraction of sp³-hybridized carbons (Fsp3) is 0.372. The molecule has 0 aliphatic heterocycles. The van der Waals surface area contributed by atoms with Gasteiger partial charge in [0.15, 0.2) is 5.75 Å². The minimum atomic E-state index is -3.64. The number of aromatic nitrogens is 2.